The molecule has 40 heavy (non-hydrogen) atoms. The van der Waals surface area contributed by atoms with E-state index in [9.17, 15) is 34.2 Å². The second-order valence-corrected chi connectivity index (χ2v) is 9.16. The highest BCUT2D eigenvalue weighted by Crippen LogP contribution is 2.18. The second-order valence-electron chi connectivity index (χ2n) is 9.16. The third kappa shape index (κ3) is 8.12. The number of aromatic nitrogens is 3. The third-order valence-electron chi connectivity index (χ3n) is 6.17. The molecule has 0 spiro atoms. The maximum atomic E-state index is 12.9. The number of benzene rings is 1. The van der Waals surface area contributed by atoms with Crippen LogP contribution in [0.15, 0.2) is 43.0 Å². The molecular weight excluding hydrogens is 524 g/mol. The van der Waals surface area contributed by atoms with Gasteiger partial charge in [0.05, 0.1) is 19.0 Å². The number of H-pyrrole nitrogens is 2. The van der Waals surface area contributed by atoms with Gasteiger partial charge in [0.15, 0.2) is 0 Å². The average molecular weight is 557 g/mol. The van der Waals surface area contributed by atoms with E-state index in [4.69, 9.17) is 11.5 Å². The largest absolute Gasteiger partial charge is 0.480 e. The predicted molar refractivity (Wildman–Crippen MR) is 141 cm³/mol. The number of fused-ring (bicyclic) bond motifs is 1. The first-order valence-electron chi connectivity index (χ1n) is 12.4. The zero-order valence-electron chi connectivity index (χ0n) is 21.4. The van der Waals surface area contributed by atoms with Gasteiger partial charge >= 0.3 is 5.97 Å². The first-order chi connectivity index (χ1) is 19.1. The molecule has 0 saturated carbocycles. The summed E-state index contributed by atoms with van der Waals surface area (Å²) in [4.78, 5) is 71.2. The number of para-hydroxylation sites is 1. The van der Waals surface area contributed by atoms with Crippen molar-refractivity contribution in [2.75, 3.05) is 6.61 Å². The van der Waals surface area contributed by atoms with Gasteiger partial charge in [-0.1, -0.05) is 18.2 Å². The van der Waals surface area contributed by atoms with Crippen LogP contribution in [0.4, 0.5) is 0 Å². The lowest BCUT2D eigenvalue weighted by Crippen LogP contribution is -2.58. The molecule has 11 N–H and O–H groups in total. The molecule has 0 fully saturated rings. The molecule has 3 aromatic rings. The molecule has 15 heteroatoms. The van der Waals surface area contributed by atoms with Crippen LogP contribution < -0.4 is 27.4 Å². The Morgan fingerprint density at radius 1 is 0.925 bits per heavy atom. The average Bonchev–Trinajstić information content (AvgIpc) is 3.58. The smallest absolute Gasteiger partial charge is 0.326 e. The summed E-state index contributed by atoms with van der Waals surface area (Å²) < 4.78 is 0. The van der Waals surface area contributed by atoms with Crippen molar-refractivity contribution in [1.29, 1.82) is 0 Å². The van der Waals surface area contributed by atoms with Crippen molar-refractivity contribution in [2.45, 2.75) is 49.9 Å². The summed E-state index contributed by atoms with van der Waals surface area (Å²) in [6.07, 6.45) is 3.94. The van der Waals surface area contributed by atoms with Gasteiger partial charge < -0.3 is 47.6 Å². The summed E-state index contributed by atoms with van der Waals surface area (Å²) in [7, 11) is 0. The summed E-state index contributed by atoms with van der Waals surface area (Å²) in [5, 5.41) is 27.2. The molecule has 2 heterocycles. The Hall–Kier alpha value is -4.76. The van der Waals surface area contributed by atoms with E-state index < -0.39 is 60.4 Å². The molecule has 0 radical (unpaired) electrons. The van der Waals surface area contributed by atoms with Crippen molar-refractivity contribution in [2.24, 2.45) is 11.5 Å². The van der Waals surface area contributed by atoms with Gasteiger partial charge in [-0.2, -0.15) is 0 Å². The third-order valence-corrected chi connectivity index (χ3v) is 6.17. The van der Waals surface area contributed by atoms with Gasteiger partial charge in [-0.15, -0.1) is 0 Å². The lowest BCUT2D eigenvalue weighted by atomic mass is 10.0. The Balaban J connectivity index is 1.64. The number of imidazole rings is 1. The molecule has 4 unspecified atom stereocenters. The molecule has 0 aliphatic heterocycles. The molecule has 0 saturated heterocycles. The summed E-state index contributed by atoms with van der Waals surface area (Å²) >= 11 is 0. The number of rotatable bonds is 15. The van der Waals surface area contributed by atoms with Gasteiger partial charge in [-0.25, -0.2) is 9.78 Å². The van der Waals surface area contributed by atoms with Crippen LogP contribution in [0.3, 0.4) is 0 Å². The van der Waals surface area contributed by atoms with E-state index in [2.05, 4.69) is 30.9 Å². The second kappa shape index (κ2) is 13.9. The lowest BCUT2D eigenvalue weighted by Gasteiger charge is -2.24. The van der Waals surface area contributed by atoms with Gasteiger partial charge in [0.1, 0.15) is 18.1 Å². The number of hydrogen-bond acceptors (Lipinski definition) is 8. The number of amides is 4. The number of primary amides is 1. The molecule has 0 aliphatic rings. The van der Waals surface area contributed by atoms with Crippen molar-refractivity contribution >= 4 is 40.5 Å². The fourth-order valence-electron chi connectivity index (χ4n) is 4.02. The number of aliphatic hydroxyl groups is 1. The minimum atomic E-state index is -1.48. The number of nitrogens with two attached hydrogens (primary N) is 2. The molecule has 1 aromatic carbocycles. The number of carboxylic acids is 1. The number of carbonyl (C=O) groups excluding carboxylic acids is 4. The van der Waals surface area contributed by atoms with Crippen molar-refractivity contribution in [3.63, 3.8) is 0 Å². The van der Waals surface area contributed by atoms with Crippen molar-refractivity contribution in [1.82, 2.24) is 30.9 Å². The lowest BCUT2D eigenvalue weighted by molar-refractivity contribution is -0.142. The highest BCUT2D eigenvalue weighted by atomic mass is 16.4. The zero-order chi connectivity index (χ0) is 29.2. The molecule has 214 valence electrons. The molecule has 2 aromatic heterocycles. The summed E-state index contributed by atoms with van der Waals surface area (Å²) in [6.45, 7) is -0.820. The Morgan fingerprint density at radius 2 is 1.60 bits per heavy atom. The number of carbonyl (C=O) groups is 5. The van der Waals surface area contributed by atoms with Crippen LogP contribution in [0.25, 0.3) is 10.9 Å². The van der Waals surface area contributed by atoms with Gasteiger partial charge in [-0.05, 0) is 24.5 Å². The number of aliphatic carboxylic acids is 1. The van der Waals surface area contributed by atoms with Crippen LogP contribution in [0.5, 0.6) is 0 Å². The first kappa shape index (κ1) is 29.8. The highest BCUT2D eigenvalue weighted by Gasteiger charge is 2.30. The number of nitrogens with zero attached hydrogens (tertiary/aromatic N) is 1. The SMILES string of the molecule is NC(=O)CCC(NC(=O)C(CO)NC(=O)C(N)Cc1c[nH]c2ccccc12)C(=O)NC(Cc1cnc[nH]1)C(=O)O. The minimum absolute atomic E-state index is 0.124. The molecule has 4 amide bonds. The van der Waals surface area contributed by atoms with Crippen LogP contribution in [0.1, 0.15) is 24.1 Å². The normalized spacial score (nSPS) is 14.1. The predicted octanol–water partition coefficient (Wildman–Crippen LogP) is -2.20. The molecule has 4 atom stereocenters. The monoisotopic (exact) mass is 556 g/mol. The minimum Gasteiger partial charge on any atom is -0.480 e. The van der Waals surface area contributed by atoms with Crippen LogP contribution >= 0.6 is 0 Å². The Kier molecular flexibility index (Phi) is 10.3. The van der Waals surface area contributed by atoms with Crippen molar-refractivity contribution in [3.05, 3.63) is 54.2 Å². The van der Waals surface area contributed by atoms with E-state index in [1.807, 2.05) is 24.3 Å². The highest BCUT2D eigenvalue weighted by molar-refractivity contribution is 5.94. The standard InChI is InChI=1S/C25H32N8O7/c26-16(7-13-9-29-17-4-2-1-3-15(13)17)22(36)33-20(11-34)24(38)31-18(5-6-21(27)35)23(37)32-19(25(39)40)8-14-10-28-12-30-14/h1-4,9-10,12,16,18-20,29,34H,5-8,11,26H2,(H2,27,35)(H,28,30)(H,31,38)(H,32,37)(H,33,36)(H,39,40). The molecule has 0 bridgehead atoms. The maximum absolute atomic E-state index is 12.9. The fraction of sp³-hybridized carbons (Fsp3) is 0.360. The van der Waals surface area contributed by atoms with E-state index in [-0.39, 0.29) is 25.7 Å². The fourth-order valence-corrected chi connectivity index (χ4v) is 4.02. The first-order valence-corrected chi connectivity index (χ1v) is 12.4. The van der Waals surface area contributed by atoms with E-state index in [1.165, 1.54) is 12.5 Å². The van der Waals surface area contributed by atoms with Crippen LogP contribution in [0.2, 0.25) is 0 Å². The molecule has 15 nitrogen and oxygen atoms in total. The maximum Gasteiger partial charge on any atom is 0.326 e. The van der Waals surface area contributed by atoms with E-state index >= 15 is 0 Å². The van der Waals surface area contributed by atoms with Gasteiger partial charge in [0.25, 0.3) is 0 Å². The zero-order valence-corrected chi connectivity index (χ0v) is 21.4. The molecular formula is C25H32N8O7. The summed E-state index contributed by atoms with van der Waals surface area (Å²) in [6, 6.07) is 2.13. The molecule has 0 aliphatic carbocycles. The van der Waals surface area contributed by atoms with Crippen LogP contribution in [-0.2, 0) is 36.8 Å². The number of nitrogens with one attached hydrogen (secondary N) is 5. The van der Waals surface area contributed by atoms with E-state index in [1.54, 1.807) is 6.20 Å². The topological polar surface area (TPSA) is 258 Å². The van der Waals surface area contributed by atoms with Gasteiger partial charge in [-0.3, -0.25) is 19.2 Å². The number of aromatic amines is 2. The van der Waals surface area contributed by atoms with Gasteiger partial charge in [0.2, 0.25) is 23.6 Å². The summed E-state index contributed by atoms with van der Waals surface area (Å²) in [5.74, 6) is -4.66. The van der Waals surface area contributed by atoms with Crippen molar-refractivity contribution < 1.29 is 34.2 Å². The molecule has 3 rings (SSSR count). The van der Waals surface area contributed by atoms with Crippen molar-refractivity contribution in [3.8, 4) is 0 Å². The van der Waals surface area contributed by atoms with E-state index in [0.29, 0.717) is 5.69 Å². The number of aliphatic hydroxyl groups excluding tert-OH is 1. The quantitative estimate of drug-likeness (QED) is 0.0982. The number of hydrogen-bond donors (Lipinski definition) is 9. The van der Waals surface area contributed by atoms with E-state index in [0.717, 1.165) is 16.5 Å². The van der Waals surface area contributed by atoms with Crippen LogP contribution in [-0.4, -0.2) is 85.5 Å². The van der Waals surface area contributed by atoms with Gasteiger partial charge in [0, 0.05) is 41.8 Å². The Morgan fingerprint density at radius 3 is 2.25 bits per heavy atom. The number of carboxylic acid groups (broad SMARTS) is 1. The van der Waals surface area contributed by atoms with Crippen LogP contribution in [0, 0.1) is 0 Å². The Labute approximate surface area is 228 Å². The summed E-state index contributed by atoms with van der Waals surface area (Å²) in [5.41, 5.74) is 13.3. The Bertz CT molecular complexity index is 1340.